The molecule has 0 atom stereocenters. The number of fused-ring (bicyclic) bond motifs is 9. The molecule has 0 aliphatic rings. The highest BCUT2D eigenvalue weighted by Gasteiger charge is 2.24. The molecule has 6 heterocycles. The summed E-state index contributed by atoms with van der Waals surface area (Å²) in [6.45, 7) is 20.3. The molecule has 0 amide bonds. The fourth-order valence-electron chi connectivity index (χ4n) is 10.1. The van der Waals surface area contributed by atoms with Crippen LogP contribution in [0, 0.1) is 27.7 Å². The first-order valence-corrected chi connectivity index (χ1v) is 23.0. The van der Waals surface area contributed by atoms with Crippen molar-refractivity contribution in [3.63, 3.8) is 0 Å². The molecule has 0 aliphatic heterocycles. The Hall–Kier alpha value is -8.42. The summed E-state index contributed by atoms with van der Waals surface area (Å²) in [6.07, 6.45) is 13.4. The smallest absolute Gasteiger partial charge is 0.0970 e. The minimum Gasteiger partial charge on any atom is -0.310 e. The van der Waals surface area contributed by atoms with E-state index in [1.807, 2.05) is 73.6 Å². The zero-order valence-electron chi connectivity index (χ0n) is 39.3. The standard InChI is InChI=1S/C61H49N7/c1-35(2)48(51-32-42-15-9-21-62-56(42)59-45(51)18-12-24-65-59)27-36(3)41(8)68(54-30-37(4)49(28-39(54)6)52-33-43-16-10-22-63-57(43)60-46(52)19-13-25-66-60)55-31-38(5)50(29-40(55)7)53-34-44-17-11-23-64-58(44)61-47(53)20-14-26-67-61/h9-34H,8H2,1-7H3/b36-27-. The maximum absolute atomic E-state index is 4.96. The van der Waals surface area contributed by atoms with E-state index in [1.54, 1.807) is 0 Å². The predicted octanol–water partition coefficient (Wildman–Crippen LogP) is 15.6. The minimum absolute atomic E-state index is 0.872. The van der Waals surface area contributed by atoms with Crippen LogP contribution >= 0.6 is 0 Å². The van der Waals surface area contributed by atoms with Crippen molar-refractivity contribution >= 4 is 82.4 Å². The van der Waals surface area contributed by atoms with Gasteiger partial charge in [-0.15, -0.1) is 0 Å². The molecule has 6 aromatic heterocycles. The molecule has 11 aromatic rings. The Kier molecular flexibility index (Phi) is 10.4. The average molecular weight is 880 g/mol. The normalized spacial score (nSPS) is 11.9. The number of allylic oxidation sites excluding steroid dienone is 4. The maximum atomic E-state index is 4.96. The molecule has 0 aliphatic carbocycles. The lowest BCUT2D eigenvalue weighted by atomic mass is 9.90. The highest BCUT2D eigenvalue weighted by molar-refractivity contribution is 6.12. The molecule has 0 saturated heterocycles. The molecule has 0 spiro atoms. The quantitative estimate of drug-likeness (QED) is 0.111. The summed E-state index contributed by atoms with van der Waals surface area (Å²) in [5.74, 6) is 0. The molecular formula is C61H49N7. The number of benzene rings is 5. The Morgan fingerprint density at radius 1 is 0.426 bits per heavy atom. The SMILES string of the molecule is C=C(/C(C)=C\C(=C(C)C)c1cc2cccnc2c2ncccc12)N(c1cc(C)c(-c2cc3cccnc3c3ncccc23)cc1C)c1cc(C)c(-c2cc3cccnc3c3ncccc23)cc1C. The minimum atomic E-state index is 0.872. The molecule has 68 heavy (non-hydrogen) atoms. The maximum Gasteiger partial charge on any atom is 0.0970 e. The predicted molar refractivity (Wildman–Crippen MR) is 284 cm³/mol. The van der Waals surface area contributed by atoms with Gasteiger partial charge in [0.2, 0.25) is 0 Å². The van der Waals surface area contributed by atoms with Gasteiger partial charge in [-0.2, -0.15) is 0 Å². The Balaban J connectivity index is 1.10. The lowest BCUT2D eigenvalue weighted by Crippen LogP contribution is -2.19. The monoisotopic (exact) mass is 879 g/mol. The van der Waals surface area contributed by atoms with E-state index in [0.717, 1.165) is 144 Å². The van der Waals surface area contributed by atoms with Crippen molar-refractivity contribution in [2.75, 3.05) is 4.90 Å². The van der Waals surface area contributed by atoms with Crippen LogP contribution < -0.4 is 4.90 Å². The van der Waals surface area contributed by atoms with Crippen LogP contribution in [0.15, 0.2) is 182 Å². The third-order valence-electron chi connectivity index (χ3n) is 13.4. The van der Waals surface area contributed by atoms with E-state index < -0.39 is 0 Å². The third-order valence-corrected chi connectivity index (χ3v) is 13.4. The number of hydrogen-bond acceptors (Lipinski definition) is 7. The van der Waals surface area contributed by atoms with E-state index in [9.17, 15) is 0 Å². The molecule has 0 fully saturated rings. The van der Waals surface area contributed by atoms with Crippen molar-refractivity contribution < 1.29 is 0 Å². The number of pyridine rings is 6. The summed E-state index contributed by atoms with van der Waals surface area (Å²) in [5, 5.41) is 6.38. The summed E-state index contributed by atoms with van der Waals surface area (Å²) in [7, 11) is 0. The Bertz CT molecular complexity index is 3800. The molecule has 0 unspecified atom stereocenters. The van der Waals surface area contributed by atoms with Gasteiger partial charge in [0.05, 0.1) is 33.1 Å². The number of hydrogen-bond donors (Lipinski definition) is 0. The third kappa shape index (κ3) is 7.06. The summed E-state index contributed by atoms with van der Waals surface area (Å²) in [6, 6.07) is 40.9. The highest BCUT2D eigenvalue weighted by Crippen LogP contribution is 2.45. The fraction of sp³-hybridized carbons (Fsp3) is 0.115. The number of aryl methyl sites for hydroxylation is 4. The molecule has 328 valence electrons. The topological polar surface area (TPSA) is 80.6 Å². The first-order chi connectivity index (χ1) is 33.0. The van der Waals surface area contributed by atoms with Crippen molar-refractivity contribution in [2.24, 2.45) is 0 Å². The molecule has 7 nitrogen and oxygen atoms in total. The molecule has 7 heteroatoms. The number of rotatable bonds is 8. The molecule has 0 radical (unpaired) electrons. The van der Waals surface area contributed by atoms with E-state index in [1.165, 1.54) is 5.57 Å². The second-order valence-electron chi connectivity index (χ2n) is 18.1. The van der Waals surface area contributed by atoms with Crippen LogP contribution in [-0.2, 0) is 0 Å². The van der Waals surface area contributed by atoms with Crippen LogP contribution in [0.25, 0.3) is 93.2 Å². The van der Waals surface area contributed by atoms with E-state index in [2.05, 4.69) is 138 Å². The van der Waals surface area contributed by atoms with E-state index >= 15 is 0 Å². The number of nitrogens with zero attached hydrogens (tertiary/aromatic N) is 7. The van der Waals surface area contributed by atoms with Gasteiger partial charge in [-0.25, -0.2) is 0 Å². The van der Waals surface area contributed by atoms with Gasteiger partial charge >= 0.3 is 0 Å². The van der Waals surface area contributed by atoms with Crippen LogP contribution in [0.4, 0.5) is 11.4 Å². The molecule has 5 aromatic carbocycles. The highest BCUT2D eigenvalue weighted by atomic mass is 15.2. The zero-order valence-corrected chi connectivity index (χ0v) is 39.3. The van der Waals surface area contributed by atoms with Crippen molar-refractivity contribution in [2.45, 2.75) is 48.5 Å². The molecule has 0 saturated carbocycles. The summed E-state index contributed by atoms with van der Waals surface area (Å²) < 4.78 is 0. The lowest BCUT2D eigenvalue weighted by Gasteiger charge is -2.32. The van der Waals surface area contributed by atoms with Crippen molar-refractivity contribution in [3.05, 3.63) is 210 Å². The Morgan fingerprint density at radius 2 is 0.809 bits per heavy atom. The molecule has 0 bridgehead atoms. The van der Waals surface area contributed by atoms with Crippen LogP contribution in [0.3, 0.4) is 0 Å². The lowest BCUT2D eigenvalue weighted by molar-refractivity contribution is 1.13. The molecule has 11 rings (SSSR count). The van der Waals surface area contributed by atoms with Crippen molar-refractivity contribution in [1.29, 1.82) is 0 Å². The first-order valence-electron chi connectivity index (χ1n) is 23.0. The molecule has 0 N–H and O–H groups in total. The largest absolute Gasteiger partial charge is 0.310 e. The van der Waals surface area contributed by atoms with E-state index in [4.69, 9.17) is 36.5 Å². The molecular weight excluding hydrogens is 831 g/mol. The van der Waals surface area contributed by atoms with Gasteiger partial charge in [-0.1, -0.05) is 48.6 Å². The number of anilines is 2. The summed E-state index contributed by atoms with van der Waals surface area (Å²) in [4.78, 5) is 31.1. The van der Waals surface area contributed by atoms with Crippen LogP contribution in [0.1, 0.15) is 48.6 Å². The summed E-state index contributed by atoms with van der Waals surface area (Å²) in [5.41, 5.74) is 21.9. The first kappa shape index (κ1) is 42.2. The van der Waals surface area contributed by atoms with Crippen LogP contribution in [0.5, 0.6) is 0 Å². The summed E-state index contributed by atoms with van der Waals surface area (Å²) >= 11 is 0. The van der Waals surface area contributed by atoms with Crippen molar-refractivity contribution in [1.82, 2.24) is 29.9 Å². The fourth-order valence-corrected chi connectivity index (χ4v) is 10.1. The van der Waals surface area contributed by atoms with Crippen LogP contribution in [-0.4, -0.2) is 29.9 Å². The van der Waals surface area contributed by atoms with Gasteiger partial charge in [-0.05, 0) is 195 Å². The van der Waals surface area contributed by atoms with Gasteiger partial charge in [0.15, 0.2) is 0 Å². The Morgan fingerprint density at radius 3 is 1.25 bits per heavy atom. The van der Waals surface area contributed by atoms with Crippen LogP contribution in [0.2, 0.25) is 0 Å². The van der Waals surface area contributed by atoms with Gasteiger partial charge in [0, 0.05) is 86.6 Å². The second-order valence-corrected chi connectivity index (χ2v) is 18.1. The second kappa shape index (κ2) is 16.8. The van der Waals surface area contributed by atoms with Gasteiger partial charge in [0.25, 0.3) is 0 Å². The van der Waals surface area contributed by atoms with E-state index in [0.29, 0.717) is 0 Å². The van der Waals surface area contributed by atoms with Crippen molar-refractivity contribution in [3.8, 4) is 22.3 Å². The van der Waals surface area contributed by atoms with Gasteiger partial charge in [-0.3, -0.25) is 29.9 Å². The van der Waals surface area contributed by atoms with Gasteiger partial charge in [0.1, 0.15) is 0 Å². The van der Waals surface area contributed by atoms with Gasteiger partial charge < -0.3 is 4.90 Å². The zero-order chi connectivity index (χ0) is 46.8. The van der Waals surface area contributed by atoms with E-state index in [-0.39, 0.29) is 0 Å². The number of aromatic nitrogens is 6. The Labute approximate surface area is 396 Å². The average Bonchev–Trinajstić information content (AvgIpc) is 3.36.